The van der Waals surface area contributed by atoms with Crippen LogP contribution in [-0.2, 0) is 9.59 Å². The van der Waals surface area contributed by atoms with Crippen molar-refractivity contribution in [1.82, 2.24) is 10.2 Å². The summed E-state index contributed by atoms with van der Waals surface area (Å²) in [4.78, 5) is 27.2. The van der Waals surface area contributed by atoms with Crippen molar-refractivity contribution in [2.45, 2.75) is 44.9 Å². The molecule has 2 atom stereocenters. The lowest BCUT2D eigenvalue weighted by molar-refractivity contribution is -0.137. The maximum atomic E-state index is 13.6. The van der Waals surface area contributed by atoms with Gasteiger partial charge in [0.15, 0.2) is 0 Å². The Bertz CT molecular complexity index is 712. The largest absolute Gasteiger partial charge is 0.356 e. The molecular formula is C21H27FN2O2. The zero-order valence-electron chi connectivity index (χ0n) is 15.3. The van der Waals surface area contributed by atoms with Crippen molar-refractivity contribution < 1.29 is 14.0 Å². The Labute approximate surface area is 154 Å². The Morgan fingerprint density at radius 1 is 1.15 bits per heavy atom. The second-order valence-corrected chi connectivity index (χ2v) is 8.34. The van der Waals surface area contributed by atoms with Gasteiger partial charge in [0.05, 0.1) is 5.92 Å². The molecule has 1 aliphatic heterocycles. The van der Waals surface area contributed by atoms with Crippen LogP contribution in [0.25, 0.3) is 0 Å². The second-order valence-electron chi connectivity index (χ2n) is 8.34. The molecule has 1 heterocycles. The van der Waals surface area contributed by atoms with Crippen LogP contribution in [-0.4, -0.2) is 36.3 Å². The molecule has 2 aliphatic carbocycles. The van der Waals surface area contributed by atoms with Gasteiger partial charge in [-0.3, -0.25) is 9.59 Å². The van der Waals surface area contributed by atoms with Crippen LogP contribution in [0.2, 0.25) is 0 Å². The highest BCUT2D eigenvalue weighted by Crippen LogP contribution is 2.36. The molecule has 2 unspecified atom stereocenters. The van der Waals surface area contributed by atoms with E-state index in [2.05, 4.69) is 5.32 Å². The smallest absolute Gasteiger partial charge is 0.225 e. The summed E-state index contributed by atoms with van der Waals surface area (Å²) >= 11 is 0. The number of rotatable bonds is 5. The molecule has 4 rings (SSSR count). The summed E-state index contributed by atoms with van der Waals surface area (Å²) in [5.41, 5.74) is 1.64. The first-order valence-corrected chi connectivity index (χ1v) is 9.84. The summed E-state index contributed by atoms with van der Waals surface area (Å²) in [5.74, 6) is 0.737. The summed E-state index contributed by atoms with van der Waals surface area (Å²) in [6.07, 6.45) is 5.06. The van der Waals surface area contributed by atoms with E-state index in [9.17, 15) is 14.0 Å². The van der Waals surface area contributed by atoms with E-state index in [-0.39, 0.29) is 35.4 Å². The maximum absolute atomic E-state index is 13.6. The van der Waals surface area contributed by atoms with Crippen LogP contribution in [0.3, 0.4) is 0 Å². The SMILES string of the molecule is Cc1cc(C2CC(C(=O)NCC3CC3)CN(C(=O)C3CC3)C2)ccc1F. The van der Waals surface area contributed by atoms with Crippen LogP contribution in [0, 0.1) is 30.5 Å². The molecule has 5 heteroatoms. The molecule has 0 aromatic heterocycles. The van der Waals surface area contributed by atoms with E-state index < -0.39 is 0 Å². The number of carbonyl (C=O) groups is 2. The predicted octanol–water partition coefficient (Wildman–Crippen LogP) is 3.00. The second kappa shape index (κ2) is 7.01. The van der Waals surface area contributed by atoms with E-state index in [1.807, 2.05) is 11.0 Å². The fourth-order valence-electron chi connectivity index (χ4n) is 3.93. The highest BCUT2D eigenvalue weighted by atomic mass is 19.1. The van der Waals surface area contributed by atoms with Crippen molar-refractivity contribution in [2.75, 3.05) is 19.6 Å². The Hall–Kier alpha value is -1.91. The highest BCUT2D eigenvalue weighted by Gasteiger charge is 2.40. The molecule has 0 radical (unpaired) electrons. The molecule has 1 saturated heterocycles. The first-order chi connectivity index (χ1) is 12.5. The lowest BCUT2D eigenvalue weighted by Crippen LogP contribution is -2.48. The van der Waals surface area contributed by atoms with Gasteiger partial charge in [-0.05, 0) is 62.1 Å². The maximum Gasteiger partial charge on any atom is 0.225 e. The van der Waals surface area contributed by atoms with E-state index in [1.165, 1.54) is 18.9 Å². The number of benzene rings is 1. The van der Waals surface area contributed by atoms with Crippen LogP contribution in [0.1, 0.15) is 49.1 Å². The molecule has 2 saturated carbocycles. The topological polar surface area (TPSA) is 49.4 Å². The molecule has 1 N–H and O–H groups in total. The third-order valence-corrected chi connectivity index (χ3v) is 5.97. The van der Waals surface area contributed by atoms with E-state index >= 15 is 0 Å². The van der Waals surface area contributed by atoms with Gasteiger partial charge in [-0.1, -0.05) is 12.1 Å². The molecule has 0 bridgehead atoms. The van der Waals surface area contributed by atoms with E-state index in [1.54, 1.807) is 13.0 Å². The number of nitrogens with zero attached hydrogens (tertiary/aromatic N) is 1. The summed E-state index contributed by atoms with van der Waals surface area (Å²) < 4.78 is 13.6. The van der Waals surface area contributed by atoms with E-state index in [0.717, 1.165) is 31.4 Å². The minimum absolute atomic E-state index is 0.0639. The van der Waals surface area contributed by atoms with Crippen molar-refractivity contribution in [3.63, 3.8) is 0 Å². The van der Waals surface area contributed by atoms with Gasteiger partial charge in [0.25, 0.3) is 0 Å². The Morgan fingerprint density at radius 3 is 2.58 bits per heavy atom. The van der Waals surface area contributed by atoms with Gasteiger partial charge >= 0.3 is 0 Å². The molecule has 26 heavy (non-hydrogen) atoms. The fraction of sp³-hybridized carbons (Fsp3) is 0.619. The van der Waals surface area contributed by atoms with Crippen LogP contribution >= 0.6 is 0 Å². The molecule has 1 aromatic carbocycles. The highest BCUT2D eigenvalue weighted by molar-refractivity contribution is 5.83. The lowest BCUT2D eigenvalue weighted by atomic mass is 9.83. The third-order valence-electron chi connectivity index (χ3n) is 5.97. The first kappa shape index (κ1) is 17.5. The average Bonchev–Trinajstić information content (AvgIpc) is 3.54. The van der Waals surface area contributed by atoms with Crippen LogP contribution in [0.15, 0.2) is 18.2 Å². The number of halogens is 1. The molecule has 3 fully saturated rings. The molecule has 2 amide bonds. The average molecular weight is 358 g/mol. The van der Waals surface area contributed by atoms with E-state index in [4.69, 9.17) is 0 Å². The summed E-state index contributed by atoms with van der Waals surface area (Å²) in [6, 6.07) is 5.16. The van der Waals surface area contributed by atoms with Gasteiger partial charge < -0.3 is 10.2 Å². The molecule has 4 nitrogen and oxygen atoms in total. The summed E-state index contributed by atoms with van der Waals surface area (Å²) in [7, 11) is 0. The van der Waals surface area contributed by atoms with Crippen LogP contribution in [0.5, 0.6) is 0 Å². The van der Waals surface area contributed by atoms with Crippen molar-refractivity contribution in [1.29, 1.82) is 0 Å². The quantitative estimate of drug-likeness (QED) is 0.880. The molecule has 0 spiro atoms. The zero-order chi connectivity index (χ0) is 18.3. The predicted molar refractivity (Wildman–Crippen MR) is 97.0 cm³/mol. The Kier molecular flexibility index (Phi) is 4.72. The monoisotopic (exact) mass is 358 g/mol. The van der Waals surface area contributed by atoms with Crippen molar-refractivity contribution in [3.8, 4) is 0 Å². The van der Waals surface area contributed by atoms with Crippen LogP contribution in [0.4, 0.5) is 4.39 Å². The summed E-state index contributed by atoms with van der Waals surface area (Å²) in [6.45, 7) is 3.66. The lowest BCUT2D eigenvalue weighted by Gasteiger charge is -2.37. The Morgan fingerprint density at radius 2 is 1.92 bits per heavy atom. The van der Waals surface area contributed by atoms with Crippen molar-refractivity contribution in [2.24, 2.45) is 17.8 Å². The van der Waals surface area contributed by atoms with E-state index in [0.29, 0.717) is 24.6 Å². The van der Waals surface area contributed by atoms with Gasteiger partial charge in [-0.25, -0.2) is 4.39 Å². The van der Waals surface area contributed by atoms with Crippen molar-refractivity contribution in [3.05, 3.63) is 35.1 Å². The van der Waals surface area contributed by atoms with Gasteiger partial charge in [-0.15, -0.1) is 0 Å². The van der Waals surface area contributed by atoms with Crippen LogP contribution < -0.4 is 5.32 Å². The van der Waals surface area contributed by atoms with Gasteiger partial charge in [-0.2, -0.15) is 0 Å². The molecule has 140 valence electrons. The fourth-order valence-corrected chi connectivity index (χ4v) is 3.93. The number of hydrogen-bond donors (Lipinski definition) is 1. The van der Waals surface area contributed by atoms with Crippen molar-refractivity contribution >= 4 is 11.8 Å². The Balaban J connectivity index is 1.50. The first-order valence-electron chi connectivity index (χ1n) is 9.84. The minimum Gasteiger partial charge on any atom is -0.356 e. The van der Waals surface area contributed by atoms with Gasteiger partial charge in [0.1, 0.15) is 5.82 Å². The molecular weight excluding hydrogens is 331 g/mol. The standard InChI is InChI=1S/C21H27FN2O2/c1-13-8-16(6-7-19(13)22)17-9-18(20(25)23-10-14-2-3-14)12-24(11-17)21(26)15-4-5-15/h6-8,14-15,17-18H,2-5,9-12H2,1H3,(H,23,25). The molecule has 3 aliphatic rings. The third kappa shape index (κ3) is 3.92. The number of likely N-dealkylation sites (tertiary alicyclic amines) is 1. The molecule has 1 aromatic rings. The van der Waals surface area contributed by atoms with Gasteiger partial charge in [0.2, 0.25) is 11.8 Å². The van der Waals surface area contributed by atoms with Gasteiger partial charge in [0, 0.05) is 31.5 Å². The minimum atomic E-state index is -0.214. The number of nitrogens with one attached hydrogen (secondary N) is 1. The number of aryl methyl sites for hydroxylation is 1. The number of amides is 2. The number of hydrogen-bond acceptors (Lipinski definition) is 2. The number of carbonyl (C=O) groups excluding carboxylic acids is 2. The number of piperidine rings is 1. The zero-order valence-corrected chi connectivity index (χ0v) is 15.3. The normalized spacial score (nSPS) is 25.8. The summed E-state index contributed by atoms with van der Waals surface area (Å²) in [5, 5.41) is 3.07.